The van der Waals surface area contributed by atoms with Crippen molar-refractivity contribution in [2.24, 2.45) is 5.41 Å². The Balaban J connectivity index is 2.01. The van der Waals surface area contributed by atoms with Crippen LogP contribution in [-0.2, 0) is 16.1 Å². The molecule has 0 spiro atoms. The zero-order valence-corrected chi connectivity index (χ0v) is 13.7. The fourth-order valence-corrected chi connectivity index (χ4v) is 2.06. The Hall–Kier alpha value is -3.13. The number of amides is 2. The van der Waals surface area contributed by atoms with E-state index in [0.29, 0.717) is 17.8 Å². The van der Waals surface area contributed by atoms with E-state index in [1.165, 1.54) is 0 Å². The summed E-state index contributed by atoms with van der Waals surface area (Å²) in [4.78, 5) is 24.8. The van der Waals surface area contributed by atoms with Crippen molar-refractivity contribution in [1.29, 1.82) is 5.26 Å². The highest BCUT2D eigenvalue weighted by atomic mass is 16.2. The van der Waals surface area contributed by atoms with Crippen molar-refractivity contribution in [2.45, 2.75) is 20.4 Å². The topological polar surface area (TPSA) is 82.0 Å². The molecule has 0 fully saturated rings. The van der Waals surface area contributed by atoms with Crippen LogP contribution in [0, 0.1) is 16.7 Å². The molecule has 2 rings (SSSR count). The minimum atomic E-state index is -1.24. The van der Waals surface area contributed by atoms with E-state index in [0.717, 1.165) is 5.56 Å². The van der Waals surface area contributed by atoms with Gasteiger partial charge in [-0.2, -0.15) is 5.26 Å². The molecule has 0 atom stereocenters. The lowest BCUT2D eigenvalue weighted by atomic mass is 9.90. The zero-order chi connectivity index (χ0) is 17.6. The van der Waals surface area contributed by atoms with Gasteiger partial charge in [-0.3, -0.25) is 9.59 Å². The molecule has 0 saturated heterocycles. The number of hydrogen-bond acceptors (Lipinski definition) is 3. The number of nitrogens with zero attached hydrogens (tertiary/aromatic N) is 1. The minimum absolute atomic E-state index is 0.361. The molecule has 122 valence electrons. The Morgan fingerprint density at radius 3 is 2.42 bits per heavy atom. The van der Waals surface area contributed by atoms with Gasteiger partial charge in [0.1, 0.15) is 5.41 Å². The van der Waals surface area contributed by atoms with Gasteiger partial charge in [0.2, 0.25) is 11.8 Å². The van der Waals surface area contributed by atoms with E-state index >= 15 is 0 Å². The first-order valence-corrected chi connectivity index (χ1v) is 7.57. The number of carbonyl (C=O) groups is 2. The Morgan fingerprint density at radius 1 is 1.04 bits per heavy atom. The molecule has 0 bridgehead atoms. The number of anilines is 1. The van der Waals surface area contributed by atoms with E-state index < -0.39 is 11.3 Å². The molecule has 0 aromatic heterocycles. The molecule has 0 aliphatic heterocycles. The van der Waals surface area contributed by atoms with Crippen molar-refractivity contribution in [1.82, 2.24) is 5.32 Å². The summed E-state index contributed by atoms with van der Waals surface area (Å²) >= 11 is 0. The number of carbonyl (C=O) groups excluding carboxylic acids is 2. The summed E-state index contributed by atoms with van der Waals surface area (Å²) in [5, 5.41) is 14.4. The Morgan fingerprint density at radius 2 is 1.75 bits per heavy atom. The highest BCUT2D eigenvalue weighted by Gasteiger charge is 2.35. The fraction of sp³-hybridized carbons (Fsp3) is 0.211. The van der Waals surface area contributed by atoms with Gasteiger partial charge in [0.15, 0.2) is 0 Å². The SMILES string of the molecule is CC(C)(C(=O)NCc1ccccc1)C(=O)Nc1cccc(C#N)c1. The van der Waals surface area contributed by atoms with Crippen LogP contribution in [-0.4, -0.2) is 11.8 Å². The summed E-state index contributed by atoms with van der Waals surface area (Å²) in [5.74, 6) is -0.788. The largest absolute Gasteiger partial charge is 0.351 e. The van der Waals surface area contributed by atoms with E-state index in [9.17, 15) is 9.59 Å². The molecule has 2 amide bonds. The quantitative estimate of drug-likeness (QED) is 0.831. The molecule has 2 aromatic rings. The Kier molecular flexibility index (Phi) is 5.33. The van der Waals surface area contributed by atoms with Gasteiger partial charge in [0, 0.05) is 12.2 Å². The lowest BCUT2D eigenvalue weighted by Gasteiger charge is -2.22. The van der Waals surface area contributed by atoms with Crippen LogP contribution in [0.5, 0.6) is 0 Å². The molecular formula is C19H19N3O2. The average Bonchev–Trinajstić information content (AvgIpc) is 2.60. The second kappa shape index (κ2) is 7.42. The first-order valence-electron chi connectivity index (χ1n) is 7.57. The van der Waals surface area contributed by atoms with Crippen LogP contribution in [0.25, 0.3) is 0 Å². The third kappa shape index (κ3) is 4.20. The second-order valence-electron chi connectivity index (χ2n) is 5.94. The lowest BCUT2D eigenvalue weighted by molar-refractivity contribution is -0.138. The van der Waals surface area contributed by atoms with E-state index in [4.69, 9.17) is 5.26 Å². The molecule has 0 heterocycles. The van der Waals surface area contributed by atoms with Gasteiger partial charge in [0.25, 0.3) is 0 Å². The molecule has 0 aliphatic carbocycles. The van der Waals surface area contributed by atoms with Crippen LogP contribution in [0.1, 0.15) is 25.0 Å². The third-order valence-corrected chi connectivity index (χ3v) is 3.68. The first kappa shape index (κ1) is 17.2. The smallest absolute Gasteiger partial charge is 0.239 e. The van der Waals surface area contributed by atoms with Crippen molar-refractivity contribution in [3.05, 3.63) is 65.7 Å². The van der Waals surface area contributed by atoms with Gasteiger partial charge in [0.05, 0.1) is 11.6 Å². The summed E-state index contributed by atoms with van der Waals surface area (Å²) < 4.78 is 0. The van der Waals surface area contributed by atoms with Gasteiger partial charge in [-0.1, -0.05) is 36.4 Å². The van der Waals surface area contributed by atoms with E-state index in [1.807, 2.05) is 36.4 Å². The minimum Gasteiger partial charge on any atom is -0.351 e. The van der Waals surface area contributed by atoms with Gasteiger partial charge in [-0.15, -0.1) is 0 Å². The molecule has 0 radical (unpaired) electrons. The summed E-state index contributed by atoms with van der Waals surface area (Å²) in [6.45, 7) is 3.49. The van der Waals surface area contributed by atoms with Crippen LogP contribution in [0.4, 0.5) is 5.69 Å². The van der Waals surface area contributed by atoms with Gasteiger partial charge >= 0.3 is 0 Å². The van der Waals surface area contributed by atoms with Crippen molar-refractivity contribution in [2.75, 3.05) is 5.32 Å². The fourth-order valence-electron chi connectivity index (χ4n) is 2.06. The maximum atomic E-state index is 12.4. The maximum Gasteiger partial charge on any atom is 0.239 e. The van der Waals surface area contributed by atoms with Crippen LogP contribution in [0.2, 0.25) is 0 Å². The van der Waals surface area contributed by atoms with Crippen LogP contribution in [0.15, 0.2) is 54.6 Å². The van der Waals surface area contributed by atoms with Crippen molar-refractivity contribution >= 4 is 17.5 Å². The first-order chi connectivity index (χ1) is 11.4. The van der Waals surface area contributed by atoms with Gasteiger partial charge in [-0.25, -0.2) is 0 Å². The predicted molar refractivity (Wildman–Crippen MR) is 91.9 cm³/mol. The average molecular weight is 321 g/mol. The zero-order valence-electron chi connectivity index (χ0n) is 13.7. The number of benzene rings is 2. The standard InChI is InChI=1S/C19H19N3O2/c1-19(2,17(23)21-13-14-7-4-3-5-8-14)18(24)22-16-10-6-9-15(11-16)12-20/h3-11H,13H2,1-2H3,(H,21,23)(H,22,24). The molecule has 0 saturated carbocycles. The molecule has 2 aromatic carbocycles. The number of nitriles is 1. The van der Waals surface area contributed by atoms with Gasteiger partial charge < -0.3 is 10.6 Å². The van der Waals surface area contributed by atoms with Crippen molar-refractivity contribution in [3.63, 3.8) is 0 Å². The Bertz CT molecular complexity index is 777. The lowest BCUT2D eigenvalue weighted by Crippen LogP contribution is -2.44. The van der Waals surface area contributed by atoms with Crippen LogP contribution >= 0.6 is 0 Å². The number of hydrogen-bond donors (Lipinski definition) is 2. The second-order valence-corrected chi connectivity index (χ2v) is 5.94. The molecule has 5 nitrogen and oxygen atoms in total. The van der Waals surface area contributed by atoms with Crippen molar-refractivity contribution < 1.29 is 9.59 Å². The van der Waals surface area contributed by atoms with E-state index in [-0.39, 0.29) is 5.91 Å². The predicted octanol–water partition coefficient (Wildman–Crippen LogP) is 2.84. The van der Waals surface area contributed by atoms with Gasteiger partial charge in [-0.05, 0) is 37.6 Å². The van der Waals surface area contributed by atoms with E-state index in [1.54, 1.807) is 38.1 Å². The summed E-state index contributed by atoms with van der Waals surface area (Å²) in [6.07, 6.45) is 0. The number of nitrogens with one attached hydrogen (secondary N) is 2. The summed E-state index contributed by atoms with van der Waals surface area (Å²) in [6, 6.07) is 18.1. The summed E-state index contributed by atoms with van der Waals surface area (Å²) in [5.41, 5.74) is 0.656. The summed E-state index contributed by atoms with van der Waals surface area (Å²) in [7, 11) is 0. The molecule has 2 N–H and O–H groups in total. The highest BCUT2D eigenvalue weighted by Crippen LogP contribution is 2.20. The van der Waals surface area contributed by atoms with Crippen LogP contribution < -0.4 is 10.6 Å². The van der Waals surface area contributed by atoms with Crippen LogP contribution in [0.3, 0.4) is 0 Å². The van der Waals surface area contributed by atoms with E-state index in [2.05, 4.69) is 10.6 Å². The molecule has 0 aliphatic rings. The normalized spacial score (nSPS) is 10.5. The molecule has 24 heavy (non-hydrogen) atoms. The molecular weight excluding hydrogens is 302 g/mol. The maximum absolute atomic E-state index is 12.4. The molecule has 5 heteroatoms. The Labute approximate surface area is 141 Å². The molecule has 0 unspecified atom stereocenters. The third-order valence-electron chi connectivity index (χ3n) is 3.68. The highest BCUT2D eigenvalue weighted by molar-refractivity contribution is 6.09. The number of rotatable bonds is 5. The van der Waals surface area contributed by atoms with Crippen molar-refractivity contribution in [3.8, 4) is 6.07 Å². The monoisotopic (exact) mass is 321 g/mol.